The second-order valence-corrected chi connectivity index (χ2v) is 5.41. The Balaban J connectivity index is 2.20. The molecule has 8 nitrogen and oxygen atoms in total. The number of anilines is 2. The first-order valence-electron chi connectivity index (χ1n) is 7.27. The molecule has 2 rings (SSSR count). The van der Waals surface area contributed by atoms with Crippen LogP contribution in [0.1, 0.15) is 23.8 Å². The van der Waals surface area contributed by atoms with Gasteiger partial charge in [0.25, 0.3) is 5.91 Å². The second-order valence-electron chi connectivity index (χ2n) is 5.06. The van der Waals surface area contributed by atoms with Crippen LogP contribution in [-0.4, -0.2) is 59.8 Å². The molecule has 0 unspecified atom stereocenters. The zero-order valence-electron chi connectivity index (χ0n) is 12.5. The number of nitrogen functional groups attached to an aromatic ring is 1. The van der Waals surface area contributed by atoms with E-state index in [4.69, 9.17) is 22.4 Å². The molecule has 9 heteroatoms. The molecule has 1 aliphatic rings. The average molecular weight is 329 g/mol. The van der Waals surface area contributed by atoms with Crippen molar-refractivity contribution in [1.82, 2.24) is 20.6 Å². The number of carbonyl (C=O) groups is 1. The molecule has 0 spiro atoms. The summed E-state index contributed by atoms with van der Waals surface area (Å²) >= 11 is 6.18. The summed E-state index contributed by atoms with van der Waals surface area (Å²) in [6.07, 6.45) is 0.999. The third kappa shape index (κ3) is 3.76. The van der Waals surface area contributed by atoms with Gasteiger partial charge in [-0.1, -0.05) is 18.5 Å². The van der Waals surface area contributed by atoms with Crippen LogP contribution in [-0.2, 0) is 0 Å². The molecule has 122 valence electrons. The lowest BCUT2D eigenvalue weighted by Crippen LogP contribution is -2.50. The van der Waals surface area contributed by atoms with Gasteiger partial charge in [-0.25, -0.2) is 9.97 Å². The maximum absolute atomic E-state index is 11.9. The van der Waals surface area contributed by atoms with Crippen molar-refractivity contribution in [2.45, 2.75) is 19.4 Å². The number of piperazine rings is 1. The van der Waals surface area contributed by atoms with Crippen LogP contribution < -0.4 is 21.3 Å². The molecule has 1 saturated heterocycles. The van der Waals surface area contributed by atoms with Gasteiger partial charge in [-0.3, -0.25) is 4.79 Å². The van der Waals surface area contributed by atoms with Crippen LogP contribution in [0.2, 0.25) is 5.15 Å². The Bertz CT molecular complexity index is 542. The number of aliphatic hydroxyl groups excluding tert-OH is 1. The molecule has 1 amide bonds. The lowest BCUT2D eigenvalue weighted by molar-refractivity contribution is 0.0940. The third-order valence-corrected chi connectivity index (χ3v) is 3.78. The zero-order valence-corrected chi connectivity index (χ0v) is 13.2. The van der Waals surface area contributed by atoms with Crippen molar-refractivity contribution in [3.8, 4) is 0 Å². The summed E-state index contributed by atoms with van der Waals surface area (Å²) in [5.41, 5.74) is 5.82. The summed E-state index contributed by atoms with van der Waals surface area (Å²) in [6.45, 7) is 4.41. The maximum Gasteiger partial charge on any atom is 0.273 e. The molecule has 1 fully saturated rings. The van der Waals surface area contributed by atoms with Gasteiger partial charge in [-0.05, 0) is 6.42 Å². The first-order chi connectivity index (χ1) is 10.6. The summed E-state index contributed by atoms with van der Waals surface area (Å²) in [5.74, 6) is 0.0264. The van der Waals surface area contributed by atoms with Crippen LogP contribution in [0.25, 0.3) is 0 Å². The molecule has 0 aromatic carbocycles. The minimum atomic E-state index is -0.501. The van der Waals surface area contributed by atoms with Crippen LogP contribution in [0.3, 0.4) is 0 Å². The molecule has 0 aliphatic carbocycles. The highest BCUT2D eigenvalue weighted by molar-refractivity contribution is 6.32. The van der Waals surface area contributed by atoms with Gasteiger partial charge < -0.3 is 26.4 Å². The molecular weight excluding hydrogens is 308 g/mol. The minimum Gasteiger partial charge on any atom is -0.395 e. The highest BCUT2D eigenvalue weighted by Gasteiger charge is 2.24. The molecule has 1 aromatic rings. The quantitative estimate of drug-likeness (QED) is 0.582. The van der Waals surface area contributed by atoms with Crippen molar-refractivity contribution < 1.29 is 9.90 Å². The van der Waals surface area contributed by atoms with Gasteiger partial charge in [0.15, 0.2) is 22.5 Å². The smallest absolute Gasteiger partial charge is 0.273 e. The van der Waals surface area contributed by atoms with Gasteiger partial charge in [0, 0.05) is 32.2 Å². The Morgan fingerprint density at radius 3 is 3.05 bits per heavy atom. The van der Waals surface area contributed by atoms with Crippen molar-refractivity contribution in [2.24, 2.45) is 0 Å². The van der Waals surface area contributed by atoms with E-state index in [-0.39, 0.29) is 29.8 Å². The van der Waals surface area contributed by atoms with Crippen LogP contribution >= 0.6 is 11.6 Å². The van der Waals surface area contributed by atoms with Gasteiger partial charge in [0.2, 0.25) is 0 Å². The number of carbonyl (C=O) groups excluding carboxylic acids is 1. The summed E-state index contributed by atoms with van der Waals surface area (Å²) in [4.78, 5) is 22.2. The molecule has 1 aromatic heterocycles. The lowest BCUT2D eigenvalue weighted by Gasteiger charge is -2.34. The fourth-order valence-electron chi connectivity index (χ4n) is 2.33. The fraction of sp³-hybridized carbons (Fsp3) is 0.615. The molecule has 1 atom stereocenters. The van der Waals surface area contributed by atoms with Crippen molar-refractivity contribution in [1.29, 1.82) is 0 Å². The van der Waals surface area contributed by atoms with Crippen LogP contribution in [0.15, 0.2) is 0 Å². The summed E-state index contributed by atoms with van der Waals surface area (Å²) in [5, 5.41) is 14.8. The SMILES string of the molecule is CC[C@H]1CN(c2nc(N)c(C(=O)NCCO)nc2Cl)CCN1. The normalized spacial score (nSPS) is 18.3. The van der Waals surface area contributed by atoms with Gasteiger partial charge in [-0.2, -0.15) is 0 Å². The van der Waals surface area contributed by atoms with E-state index in [9.17, 15) is 4.79 Å². The minimum absolute atomic E-state index is 0.0237. The fourth-order valence-corrected chi connectivity index (χ4v) is 2.58. The first-order valence-corrected chi connectivity index (χ1v) is 7.65. The number of amides is 1. The number of halogens is 1. The summed E-state index contributed by atoms with van der Waals surface area (Å²) in [7, 11) is 0. The summed E-state index contributed by atoms with van der Waals surface area (Å²) in [6, 6.07) is 0.361. The number of nitrogens with two attached hydrogens (primary N) is 1. The van der Waals surface area contributed by atoms with Crippen LogP contribution in [0.5, 0.6) is 0 Å². The highest BCUT2D eigenvalue weighted by atomic mass is 35.5. The molecule has 1 aliphatic heterocycles. The predicted octanol–water partition coefficient (Wildman–Crippen LogP) is -0.377. The number of hydrogen-bond acceptors (Lipinski definition) is 7. The first kappa shape index (κ1) is 16.7. The topological polar surface area (TPSA) is 116 Å². The van der Waals surface area contributed by atoms with Gasteiger partial charge in [0.05, 0.1) is 6.61 Å². The Hall–Kier alpha value is -1.64. The number of nitrogens with one attached hydrogen (secondary N) is 2. The number of hydrogen-bond donors (Lipinski definition) is 4. The zero-order chi connectivity index (χ0) is 16.1. The van der Waals surface area contributed by atoms with E-state index in [0.717, 1.165) is 26.1 Å². The molecule has 22 heavy (non-hydrogen) atoms. The van der Waals surface area contributed by atoms with E-state index < -0.39 is 5.91 Å². The summed E-state index contributed by atoms with van der Waals surface area (Å²) < 4.78 is 0. The number of rotatable bonds is 5. The van der Waals surface area contributed by atoms with Crippen molar-refractivity contribution >= 4 is 29.1 Å². The standard InChI is InChI=1S/C13H21ClN6O2/c1-2-8-7-20(5-3-16-8)12-10(14)18-9(11(15)19-12)13(22)17-4-6-21/h8,16,21H,2-7H2,1H3,(H2,15,19)(H,17,22)/t8-/m0/s1. The largest absolute Gasteiger partial charge is 0.395 e. The Morgan fingerprint density at radius 2 is 2.36 bits per heavy atom. The van der Waals surface area contributed by atoms with Crippen LogP contribution in [0.4, 0.5) is 11.6 Å². The molecule has 0 bridgehead atoms. The Morgan fingerprint density at radius 1 is 1.59 bits per heavy atom. The molecule has 2 heterocycles. The van der Waals surface area contributed by atoms with Crippen molar-refractivity contribution in [2.75, 3.05) is 43.4 Å². The molecule has 0 saturated carbocycles. The Kier molecular flexibility index (Phi) is 5.76. The predicted molar refractivity (Wildman–Crippen MR) is 85.2 cm³/mol. The molecule has 0 radical (unpaired) electrons. The molecule has 5 N–H and O–H groups in total. The van der Waals surface area contributed by atoms with E-state index in [2.05, 4.69) is 27.5 Å². The monoisotopic (exact) mass is 328 g/mol. The highest BCUT2D eigenvalue weighted by Crippen LogP contribution is 2.25. The van der Waals surface area contributed by atoms with E-state index in [1.54, 1.807) is 0 Å². The number of aromatic nitrogens is 2. The number of aliphatic hydroxyl groups is 1. The van der Waals surface area contributed by atoms with Gasteiger partial charge in [-0.15, -0.1) is 0 Å². The van der Waals surface area contributed by atoms with E-state index in [1.807, 2.05) is 4.90 Å². The molecular formula is C13H21ClN6O2. The van der Waals surface area contributed by atoms with Gasteiger partial charge >= 0.3 is 0 Å². The number of nitrogens with zero attached hydrogens (tertiary/aromatic N) is 3. The van der Waals surface area contributed by atoms with E-state index in [1.165, 1.54) is 0 Å². The third-order valence-electron chi connectivity index (χ3n) is 3.52. The maximum atomic E-state index is 11.9. The van der Waals surface area contributed by atoms with Crippen LogP contribution in [0, 0.1) is 0 Å². The lowest BCUT2D eigenvalue weighted by atomic mass is 10.1. The Labute approximate surface area is 134 Å². The second kappa shape index (κ2) is 7.57. The van der Waals surface area contributed by atoms with Gasteiger partial charge in [0.1, 0.15) is 0 Å². The van der Waals surface area contributed by atoms with Crippen molar-refractivity contribution in [3.05, 3.63) is 10.8 Å². The van der Waals surface area contributed by atoms with E-state index >= 15 is 0 Å². The van der Waals surface area contributed by atoms with Crippen molar-refractivity contribution in [3.63, 3.8) is 0 Å². The average Bonchev–Trinajstić information content (AvgIpc) is 2.54. The van der Waals surface area contributed by atoms with E-state index in [0.29, 0.717) is 11.9 Å².